The molecular formula is C10H13ClN4O2. The Kier molecular flexibility index (Phi) is 4.28. The third-order valence-corrected chi connectivity index (χ3v) is 2.26. The molecule has 17 heavy (non-hydrogen) atoms. The Bertz CT molecular complexity index is 450. The van der Waals surface area contributed by atoms with Crippen LogP contribution >= 0.6 is 11.6 Å². The van der Waals surface area contributed by atoms with Crippen LogP contribution in [0.15, 0.2) is 12.7 Å². The van der Waals surface area contributed by atoms with E-state index >= 15 is 0 Å². The monoisotopic (exact) mass is 256 g/mol. The van der Waals surface area contributed by atoms with Crippen molar-refractivity contribution in [1.29, 1.82) is 0 Å². The van der Waals surface area contributed by atoms with Gasteiger partial charge in [0.2, 0.25) is 0 Å². The molecule has 2 N–H and O–H groups in total. The molecule has 0 aliphatic carbocycles. The van der Waals surface area contributed by atoms with Gasteiger partial charge in [0.1, 0.15) is 0 Å². The van der Waals surface area contributed by atoms with Gasteiger partial charge >= 0.3 is 5.97 Å². The van der Waals surface area contributed by atoms with Crippen molar-refractivity contribution < 1.29 is 9.53 Å². The summed E-state index contributed by atoms with van der Waals surface area (Å²) in [6, 6.07) is 0. The van der Waals surface area contributed by atoms with Crippen molar-refractivity contribution in [2.75, 3.05) is 31.3 Å². The highest BCUT2D eigenvalue weighted by atomic mass is 35.5. The highest BCUT2D eigenvalue weighted by Gasteiger charge is 2.18. The molecule has 0 aromatic carbocycles. The predicted molar refractivity (Wildman–Crippen MR) is 66.3 cm³/mol. The number of nitrogens with zero attached hydrogens (tertiary/aromatic N) is 3. The van der Waals surface area contributed by atoms with Gasteiger partial charge < -0.3 is 15.4 Å². The highest BCUT2D eigenvalue weighted by Crippen LogP contribution is 2.23. The normalized spacial score (nSPS) is 9.82. The number of ether oxygens (including phenoxy) is 1. The van der Waals surface area contributed by atoms with Gasteiger partial charge in [0.25, 0.3) is 0 Å². The zero-order chi connectivity index (χ0) is 13.0. The van der Waals surface area contributed by atoms with Crippen LogP contribution in [-0.2, 0) is 4.74 Å². The van der Waals surface area contributed by atoms with E-state index in [1.165, 1.54) is 7.11 Å². The van der Waals surface area contributed by atoms with Crippen molar-refractivity contribution >= 4 is 29.2 Å². The second kappa shape index (κ2) is 5.49. The summed E-state index contributed by atoms with van der Waals surface area (Å²) in [4.78, 5) is 20.9. The molecule has 0 aliphatic rings. The molecule has 6 nitrogen and oxygen atoms in total. The summed E-state index contributed by atoms with van der Waals surface area (Å²) in [6.07, 6.45) is 1.68. The molecule has 0 radical (unpaired) electrons. The van der Waals surface area contributed by atoms with E-state index in [1.807, 2.05) is 0 Å². The Morgan fingerprint density at radius 3 is 2.82 bits per heavy atom. The average molecular weight is 257 g/mol. The van der Waals surface area contributed by atoms with E-state index in [4.69, 9.17) is 17.3 Å². The molecule has 7 heteroatoms. The molecule has 0 aliphatic heterocycles. The van der Waals surface area contributed by atoms with Crippen LogP contribution in [0.5, 0.6) is 0 Å². The molecule has 1 rings (SSSR count). The summed E-state index contributed by atoms with van der Waals surface area (Å²) in [6.45, 7) is 4.13. The van der Waals surface area contributed by atoms with Crippen molar-refractivity contribution in [2.24, 2.45) is 0 Å². The maximum absolute atomic E-state index is 11.3. The number of hydrogen-bond acceptors (Lipinski definition) is 6. The SMILES string of the molecule is C=CCN(C)c1nc(N)c(C(=O)OC)nc1Cl. The minimum absolute atomic E-state index is 0.0211. The molecule has 92 valence electrons. The van der Waals surface area contributed by atoms with Crippen LogP contribution in [0.1, 0.15) is 10.5 Å². The van der Waals surface area contributed by atoms with Crippen LogP contribution in [0.3, 0.4) is 0 Å². The standard InChI is InChI=1S/C10H13ClN4O2/c1-4-5-15(2)9-7(11)13-6(8(12)14-9)10(16)17-3/h4H,1,5H2,2-3H3,(H2,12,14). The van der Waals surface area contributed by atoms with Gasteiger partial charge in [-0.05, 0) is 0 Å². The molecule has 0 bridgehead atoms. The van der Waals surface area contributed by atoms with Crippen molar-refractivity contribution in [3.8, 4) is 0 Å². The number of carbonyl (C=O) groups excluding carboxylic acids is 1. The largest absolute Gasteiger partial charge is 0.464 e. The van der Waals surface area contributed by atoms with Crippen molar-refractivity contribution in [3.63, 3.8) is 0 Å². The van der Waals surface area contributed by atoms with E-state index in [-0.39, 0.29) is 16.7 Å². The van der Waals surface area contributed by atoms with E-state index in [0.29, 0.717) is 12.4 Å². The van der Waals surface area contributed by atoms with Gasteiger partial charge in [0.15, 0.2) is 22.5 Å². The minimum Gasteiger partial charge on any atom is -0.464 e. The summed E-state index contributed by atoms with van der Waals surface area (Å²) in [5.41, 5.74) is 5.53. The second-order valence-electron chi connectivity index (χ2n) is 3.23. The fourth-order valence-corrected chi connectivity index (χ4v) is 1.46. The van der Waals surface area contributed by atoms with Gasteiger partial charge in [-0.15, -0.1) is 6.58 Å². The van der Waals surface area contributed by atoms with Gasteiger partial charge in [0, 0.05) is 13.6 Å². The molecule has 0 atom stereocenters. The predicted octanol–water partition coefficient (Wildman–Crippen LogP) is 1.12. The number of nitrogens with two attached hydrogens (primary N) is 1. The Morgan fingerprint density at radius 1 is 1.65 bits per heavy atom. The lowest BCUT2D eigenvalue weighted by atomic mass is 10.4. The first-order chi connectivity index (χ1) is 8.01. The topological polar surface area (TPSA) is 81.3 Å². The molecule has 0 unspecified atom stereocenters. The van der Waals surface area contributed by atoms with E-state index in [1.54, 1.807) is 18.0 Å². The lowest BCUT2D eigenvalue weighted by molar-refractivity contribution is 0.0595. The number of halogens is 1. The van der Waals surface area contributed by atoms with Gasteiger partial charge in [-0.1, -0.05) is 17.7 Å². The first-order valence-corrected chi connectivity index (χ1v) is 5.12. The summed E-state index contributed by atoms with van der Waals surface area (Å²) in [5, 5.41) is 0.0870. The maximum Gasteiger partial charge on any atom is 0.360 e. The van der Waals surface area contributed by atoms with Crippen LogP contribution in [0.4, 0.5) is 11.6 Å². The van der Waals surface area contributed by atoms with Crippen LogP contribution in [0, 0.1) is 0 Å². The lowest BCUT2D eigenvalue weighted by Crippen LogP contribution is -2.21. The fourth-order valence-electron chi connectivity index (χ4n) is 1.19. The molecule has 0 fully saturated rings. The Balaban J connectivity index is 3.17. The number of carbonyl (C=O) groups is 1. The molecule has 1 heterocycles. The summed E-state index contributed by atoms with van der Waals surface area (Å²) < 4.78 is 4.51. The number of nitrogen functional groups attached to an aromatic ring is 1. The summed E-state index contributed by atoms with van der Waals surface area (Å²) >= 11 is 5.92. The van der Waals surface area contributed by atoms with Gasteiger partial charge in [-0.3, -0.25) is 0 Å². The lowest BCUT2D eigenvalue weighted by Gasteiger charge is -2.17. The molecule has 1 aromatic rings. The Morgan fingerprint density at radius 2 is 2.29 bits per heavy atom. The van der Waals surface area contributed by atoms with Crippen molar-refractivity contribution in [1.82, 2.24) is 9.97 Å². The van der Waals surface area contributed by atoms with Gasteiger partial charge in [0.05, 0.1) is 7.11 Å². The van der Waals surface area contributed by atoms with Crippen LogP contribution in [-0.4, -0.2) is 36.6 Å². The fraction of sp³-hybridized carbons (Fsp3) is 0.300. The minimum atomic E-state index is -0.671. The van der Waals surface area contributed by atoms with Crippen molar-refractivity contribution in [3.05, 3.63) is 23.5 Å². The van der Waals surface area contributed by atoms with E-state index in [2.05, 4.69) is 21.3 Å². The van der Waals surface area contributed by atoms with E-state index in [0.717, 1.165) is 0 Å². The summed E-state index contributed by atoms with van der Waals surface area (Å²) in [5.74, 6) is -0.307. The number of esters is 1. The van der Waals surface area contributed by atoms with Crippen LogP contribution < -0.4 is 10.6 Å². The number of anilines is 2. The first-order valence-electron chi connectivity index (χ1n) is 4.74. The zero-order valence-corrected chi connectivity index (χ0v) is 10.4. The Labute approximate surface area is 104 Å². The number of hydrogen-bond donors (Lipinski definition) is 1. The molecule has 0 amide bonds. The van der Waals surface area contributed by atoms with Crippen LogP contribution in [0.25, 0.3) is 0 Å². The zero-order valence-electron chi connectivity index (χ0n) is 9.61. The maximum atomic E-state index is 11.3. The van der Waals surface area contributed by atoms with Gasteiger partial charge in [-0.2, -0.15) is 0 Å². The molecular weight excluding hydrogens is 244 g/mol. The summed E-state index contributed by atoms with van der Waals surface area (Å²) in [7, 11) is 2.99. The smallest absolute Gasteiger partial charge is 0.360 e. The number of aromatic nitrogens is 2. The van der Waals surface area contributed by atoms with Crippen LogP contribution in [0.2, 0.25) is 5.15 Å². The van der Waals surface area contributed by atoms with E-state index in [9.17, 15) is 4.79 Å². The van der Waals surface area contributed by atoms with Crippen molar-refractivity contribution in [2.45, 2.75) is 0 Å². The Hall–Kier alpha value is -1.82. The first kappa shape index (κ1) is 13.2. The third-order valence-electron chi connectivity index (χ3n) is 2.01. The van der Waals surface area contributed by atoms with Gasteiger partial charge in [-0.25, -0.2) is 14.8 Å². The average Bonchev–Trinajstić information content (AvgIpc) is 2.30. The number of methoxy groups -OCH3 is 1. The van der Waals surface area contributed by atoms with E-state index < -0.39 is 5.97 Å². The molecule has 0 spiro atoms. The third kappa shape index (κ3) is 2.85. The molecule has 0 saturated carbocycles. The second-order valence-corrected chi connectivity index (χ2v) is 3.59. The highest BCUT2D eigenvalue weighted by molar-refractivity contribution is 6.32. The number of likely N-dealkylation sites (N-methyl/N-ethyl adjacent to an activating group) is 1. The quantitative estimate of drug-likeness (QED) is 0.642. The molecule has 1 aromatic heterocycles. The molecule has 0 saturated heterocycles. The number of rotatable bonds is 4.